The molecule has 3 aromatic heterocycles. The van der Waals surface area contributed by atoms with Crippen molar-refractivity contribution in [3.05, 3.63) is 71.8 Å². The molecule has 64 heavy (non-hydrogen) atoms. The third-order valence-electron chi connectivity index (χ3n) is 14.6. The molecule has 14 heteroatoms. The molecule has 6 aliphatic rings. The van der Waals surface area contributed by atoms with Crippen molar-refractivity contribution in [2.45, 2.75) is 69.8 Å². The summed E-state index contributed by atoms with van der Waals surface area (Å²) in [5.74, 6) is 5.96. The van der Waals surface area contributed by atoms with Gasteiger partial charge in [-0.25, -0.2) is 15.0 Å². The van der Waals surface area contributed by atoms with Gasteiger partial charge in [0.15, 0.2) is 0 Å². The monoisotopic (exact) mass is 860 g/mol. The number of rotatable bonds is 8. The number of aromatic nitrogens is 6. The first-order valence-corrected chi connectivity index (χ1v) is 24.3. The first-order valence-electron chi connectivity index (χ1n) is 24.3. The van der Waals surface area contributed by atoms with Crippen molar-refractivity contribution in [1.29, 1.82) is 0 Å². The average Bonchev–Trinajstić information content (AvgIpc) is 4.12. The zero-order valence-corrected chi connectivity index (χ0v) is 37.1. The number of benzene rings is 3. The highest BCUT2D eigenvalue weighted by molar-refractivity contribution is 5.93. The molecule has 3 aromatic carbocycles. The lowest BCUT2D eigenvalue weighted by molar-refractivity contribution is 0.0393. The number of para-hydroxylation sites is 1. The van der Waals surface area contributed by atoms with E-state index in [0.717, 1.165) is 158 Å². The van der Waals surface area contributed by atoms with E-state index in [4.69, 9.17) is 39.4 Å². The third-order valence-corrected chi connectivity index (χ3v) is 14.6. The summed E-state index contributed by atoms with van der Waals surface area (Å²) in [6.07, 6.45) is 10.6. The highest BCUT2D eigenvalue weighted by atomic mass is 16.5. The molecule has 6 aliphatic heterocycles. The Balaban J connectivity index is 0.849. The van der Waals surface area contributed by atoms with Crippen LogP contribution in [0.2, 0.25) is 0 Å². The predicted octanol–water partition coefficient (Wildman–Crippen LogP) is 7.51. The van der Waals surface area contributed by atoms with Gasteiger partial charge in [-0.3, -0.25) is 0 Å². The van der Waals surface area contributed by atoms with E-state index >= 15 is 0 Å². The molecule has 9 heterocycles. The van der Waals surface area contributed by atoms with Crippen molar-refractivity contribution < 1.29 is 9.47 Å². The molecule has 0 spiro atoms. The molecule has 0 aliphatic carbocycles. The Hall–Kier alpha value is -5.60. The van der Waals surface area contributed by atoms with Crippen LogP contribution in [0.4, 0.5) is 35.3 Å². The summed E-state index contributed by atoms with van der Waals surface area (Å²) in [5, 5.41) is 3.37. The van der Waals surface area contributed by atoms with Gasteiger partial charge in [-0.2, -0.15) is 15.0 Å². The minimum Gasteiger partial charge on any atom is -0.378 e. The average molecular weight is 861 g/mol. The van der Waals surface area contributed by atoms with Gasteiger partial charge in [-0.1, -0.05) is 24.3 Å². The van der Waals surface area contributed by atoms with Crippen LogP contribution in [0.1, 0.15) is 80.9 Å². The Morgan fingerprint density at radius 2 is 0.906 bits per heavy atom. The summed E-state index contributed by atoms with van der Waals surface area (Å²) in [7, 11) is 0. The molecular weight excluding hydrogens is 801 g/mol. The van der Waals surface area contributed by atoms with Crippen LogP contribution in [-0.4, -0.2) is 128 Å². The predicted molar refractivity (Wildman–Crippen MR) is 256 cm³/mol. The van der Waals surface area contributed by atoms with Crippen molar-refractivity contribution >= 4 is 68.0 Å². The molecule has 2 atom stereocenters. The smallest absolute Gasteiger partial charge is 0.228 e. The largest absolute Gasteiger partial charge is 0.378 e. The summed E-state index contributed by atoms with van der Waals surface area (Å²) in [6.45, 7) is 13.0. The van der Waals surface area contributed by atoms with Crippen LogP contribution < -0.4 is 29.4 Å². The van der Waals surface area contributed by atoms with Gasteiger partial charge in [-0.15, -0.1) is 0 Å². The van der Waals surface area contributed by atoms with Crippen molar-refractivity contribution in [2.24, 2.45) is 0 Å². The van der Waals surface area contributed by atoms with Crippen LogP contribution in [0.15, 0.2) is 60.7 Å². The minimum atomic E-state index is -0.142. The van der Waals surface area contributed by atoms with Gasteiger partial charge < -0.3 is 38.9 Å². The molecule has 2 unspecified atom stereocenters. The van der Waals surface area contributed by atoms with Gasteiger partial charge in [-0.05, 0) is 105 Å². The summed E-state index contributed by atoms with van der Waals surface area (Å²) in [6, 6.07) is 22.2. The Labute approximate surface area is 375 Å². The summed E-state index contributed by atoms with van der Waals surface area (Å²) in [5.41, 5.74) is 5.46. The molecule has 332 valence electrons. The molecular formula is C50H60N12O2. The van der Waals surface area contributed by atoms with E-state index < -0.39 is 0 Å². The van der Waals surface area contributed by atoms with E-state index in [2.05, 4.69) is 90.1 Å². The lowest BCUT2D eigenvalue weighted by Crippen LogP contribution is -2.40. The molecule has 12 rings (SSSR count). The molecule has 0 bridgehead atoms. The van der Waals surface area contributed by atoms with Crippen LogP contribution in [0.5, 0.6) is 0 Å². The van der Waals surface area contributed by atoms with Gasteiger partial charge in [0.2, 0.25) is 17.8 Å². The van der Waals surface area contributed by atoms with Gasteiger partial charge in [0.25, 0.3) is 0 Å². The van der Waals surface area contributed by atoms with E-state index in [9.17, 15) is 0 Å². The molecule has 0 N–H and O–H groups in total. The number of hydrogen-bond acceptors (Lipinski definition) is 14. The van der Waals surface area contributed by atoms with Crippen molar-refractivity contribution in [1.82, 2.24) is 29.9 Å². The minimum absolute atomic E-state index is 0.142. The van der Waals surface area contributed by atoms with Crippen LogP contribution >= 0.6 is 0 Å². The van der Waals surface area contributed by atoms with Crippen molar-refractivity contribution in [3.8, 4) is 0 Å². The quantitative estimate of drug-likeness (QED) is 0.150. The molecule has 0 saturated carbocycles. The number of nitrogens with zero attached hydrogens (tertiary/aromatic N) is 12. The maximum atomic E-state index is 6.56. The van der Waals surface area contributed by atoms with Crippen molar-refractivity contribution in [2.75, 3.05) is 128 Å². The van der Waals surface area contributed by atoms with Gasteiger partial charge in [0.1, 0.15) is 23.6 Å². The molecule has 0 radical (unpaired) electrons. The number of fused-ring (bicyclic) bond motifs is 3. The topological polar surface area (TPSA) is 115 Å². The maximum Gasteiger partial charge on any atom is 0.228 e. The Morgan fingerprint density at radius 1 is 0.406 bits per heavy atom. The first kappa shape index (κ1) is 40.0. The van der Waals surface area contributed by atoms with E-state index in [-0.39, 0.29) is 6.10 Å². The van der Waals surface area contributed by atoms with Crippen molar-refractivity contribution in [3.63, 3.8) is 0 Å². The van der Waals surface area contributed by atoms with Gasteiger partial charge in [0.05, 0.1) is 42.9 Å². The molecule has 14 nitrogen and oxygen atoms in total. The van der Waals surface area contributed by atoms with E-state index in [0.29, 0.717) is 32.3 Å². The normalized spacial score (nSPS) is 22.4. The lowest BCUT2D eigenvalue weighted by Gasteiger charge is -2.35. The number of ether oxygens (including phenoxy) is 2. The van der Waals surface area contributed by atoms with Crippen LogP contribution in [0, 0.1) is 0 Å². The highest BCUT2D eigenvalue weighted by Crippen LogP contribution is 2.38. The maximum absolute atomic E-state index is 6.56. The SMILES string of the molecule is c1ccc2c(N3CCCCC3)nc(N3CCCC(c4ccc5c(N6CCOCC6)nc(N6CCOC(c7ccc8c(N9CCCC9)nc(N9CCCC9)nc8c7)C6)nc5c4)C3)nc2c1. The van der Waals surface area contributed by atoms with E-state index in [1.165, 1.54) is 50.5 Å². The van der Waals surface area contributed by atoms with Crippen LogP contribution in [0.25, 0.3) is 32.7 Å². The fourth-order valence-corrected chi connectivity index (χ4v) is 11.1. The number of hydrogen-bond donors (Lipinski definition) is 0. The van der Waals surface area contributed by atoms with Crippen LogP contribution in [-0.2, 0) is 9.47 Å². The fraction of sp³-hybridized carbons (Fsp3) is 0.520. The summed E-state index contributed by atoms with van der Waals surface area (Å²) >= 11 is 0. The highest BCUT2D eigenvalue weighted by Gasteiger charge is 2.30. The Morgan fingerprint density at radius 3 is 1.59 bits per heavy atom. The van der Waals surface area contributed by atoms with Crippen LogP contribution in [0.3, 0.4) is 0 Å². The second-order valence-corrected chi connectivity index (χ2v) is 18.7. The van der Waals surface area contributed by atoms with E-state index in [1.807, 2.05) is 0 Å². The number of piperidine rings is 2. The Bertz CT molecular complexity index is 2640. The lowest BCUT2D eigenvalue weighted by atomic mass is 9.90. The third kappa shape index (κ3) is 7.76. The zero-order chi connectivity index (χ0) is 42.4. The standard InChI is InChI=1S/C50H60N12O2/c1-4-18-57(19-5-1)45-38-12-2-3-13-41(38)51-49(55-45)61-24-10-11-37(33-61)35-14-16-39-42(31-35)53-50(56-47(39)59-25-28-63-29-26-59)62-27-30-64-44(34-62)36-15-17-40-43(32-36)52-48(60-22-8-9-23-60)54-46(40)58-20-6-7-21-58/h2-3,12-17,31-32,37,44H,1,4-11,18-30,33-34H2. The number of anilines is 6. The summed E-state index contributed by atoms with van der Waals surface area (Å²) < 4.78 is 12.4. The molecule has 0 amide bonds. The van der Waals surface area contributed by atoms with Gasteiger partial charge >= 0.3 is 0 Å². The number of morpholine rings is 2. The molecule has 6 saturated heterocycles. The summed E-state index contributed by atoms with van der Waals surface area (Å²) in [4.78, 5) is 46.0. The second kappa shape index (κ2) is 17.4. The fourth-order valence-electron chi connectivity index (χ4n) is 11.1. The molecule has 6 fully saturated rings. The van der Waals surface area contributed by atoms with E-state index in [1.54, 1.807) is 0 Å². The zero-order valence-electron chi connectivity index (χ0n) is 37.1. The Kier molecular flexibility index (Phi) is 10.9. The molecule has 6 aromatic rings. The van der Waals surface area contributed by atoms with Gasteiger partial charge in [0, 0.05) is 94.1 Å². The first-order chi connectivity index (χ1) is 31.7. The second-order valence-electron chi connectivity index (χ2n) is 18.7.